The van der Waals surface area contributed by atoms with E-state index >= 15 is 0 Å². The fraction of sp³-hybridized carbons (Fsp3) is 0.500. The van der Waals surface area contributed by atoms with Gasteiger partial charge in [0, 0.05) is 0 Å². The molecule has 1 aliphatic heterocycles. The Morgan fingerprint density at radius 1 is 1.39 bits per heavy atom. The number of para-hydroxylation sites is 2. The van der Waals surface area contributed by atoms with Crippen molar-refractivity contribution in [2.75, 3.05) is 25.5 Å². The van der Waals surface area contributed by atoms with Crippen molar-refractivity contribution in [2.45, 2.75) is 32.1 Å². The van der Waals surface area contributed by atoms with Crippen LogP contribution in [-0.4, -0.2) is 54.0 Å². The Bertz CT molecular complexity index is 658. The van der Waals surface area contributed by atoms with Crippen LogP contribution in [0, 0.1) is 0 Å². The van der Waals surface area contributed by atoms with E-state index in [9.17, 15) is 14.7 Å². The topological polar surface area (TPSA) is 79.3 Å². The van der Waals surface area contributed by atoms with Crippen molar-refractivity contribution < 1.29 is 25.5 Å². The maximum absolute atomic E-state index is 12.6. The third-order valence-corrected chi connectivity index (χ3v) is 3.26. The van der Waals surface area contributed by atoms with E-state index in [-0.39, 0.29) is 5.75 Å². The van der Waals surface area contributed by atoms with Crippen molar-refractivity contribution in [3.63, 3.8) is 0 Å². The van der Waals surface area contributed by atoms with Crippen LogP contribution in [-0.2, 0) is 9.53 Å². The van der Waals surface area contributed by atoms with Crippen molar-refractivity contribution in [3.05, 3.63) is 24.3 Å². The number of ether oxygens (including phenoxy) is 2. The standard InChI is InChI=1S/C16H22N2O5/c1-15(2,3)23-14(21)18-10-16(13(19)20,17(4)5)22-12-9-7-6-8-11(12)18/h6-9H,10H2,1-5H3,(H,19,20)/i10D. The summed E-state index contributed by atoms with van der Waals surface area (Å²) in [5, 5.41) is 9.72. The first-order valence-corrected chi connectivity index (χ1v) is 7.14. The number of fused-ring (bicyclic) bond motifs is 1. The fourth-order valence-corrected chi connectivity index (χ4v) is 2.14. The number of carboxylic acid groups (broad SMARTS) is 1. The van der Waals surface area contributed by atoms with E-state index < -0.39 is 29.9 Å². The van der Waals surface area contributed by atoms with Gasteiger partial charge in [0.15, 0.2) is 0 Å². The second-order valence-electron chi connectivity index (χ2n) is 6.45. The van der Waals surface area contributed by atoms with Crippen molar-refractivity contribution in [1.29, 1.82) is 0 Å². The molecule has 1 aliphatic rings. The fourth-order valence-electron chi connectivity index (χ4n) is 2.14. The Morgan fingerprint density at radius 3 is 2.52 bits per heavy atom. The van der Waals surface area contributed by atoms with Gasteiger partial charge in [0.2, 0.25) is 0 Å². The molecule has 1 amide bonds. The van der Waals surface area contributed by atoms with Gasteiger partial charge in [-0.25, -0.2) is 9.59 Å². The highest BCUT2D eigenvalue weighted by Gasteiger charge is 2.51. The maximum Gasteiger partial charge on any atom is 0.415 e. The van der Waals surface area contributed by atoms with Gasteiger partial charge in [0.25, 0.3) is 5.72 Å². The Kier molecular flexibility index (Phi) is 3.89. The van der Waals surface area contributed by atoms with Gasteiger partial charge in [-0.1, -0.05) is 12.1 Å². The molecule has 0 spiro atoms. The Hall–Kier alpha value is -2.28. The van der Waals surface area contributed by atoms with E-state index in [0.29, 0.717) is 5.69 Å². The van der Waals surface area contributed by atoms with Gasteiger partial charge in [-0.3, -0.25) is 9.80 Å². The van der Waals surface area contributed by atoms with Gasteiger partial charge in [-0.2, -0.15) is 0 Å². The van der Waals surface area contributed by atoms with Crippen LogP contribution in [0.15, 0.2) is 24.3 Å². The molecule has 1 N–H and O–H groups in total. The van der Waals surface area contributed by atoms with Crippen LogP contribution in [0.1, 0.15) is 22.1 Å². The summed E-state index contributed by atoms with van der Waals surface area (Å²) in [5.41, 5.74) is -2.54. The number of aliphatic carboxylic acids is 1. The summed E-state index contributed by atoms with van der Waals surface area (Å²) in [5.74, 6) is -1.17. The van der Waals surface area contributed by atoms with Crippen LogP contribution < -0.4 is 9.64 Å². The van der Waals surface area contributed by atoms with Crippen molar-refractivity contribution in [1.82, 2.24) is 4.90 Å². The quantitative estimate of drug-likeness (QED) is 0.898. The lowest BCUT2D eigenvalue weighted by Gasteiger charge is -2.44. The second-order valence-corrected chi connectivity index (χ2v) is 6.45. The average Bonchev–Trinajstić information content (AvgIpc) is 2.43. The summed E-state index contributed by atoms with van der Waals surface area (Å²) in [7, 11) is 2.97. The van der Waals surface area contributed by atoms with Crippen LogP contribution in [0.4, 0.5) is 10.5 Å². The lowest BCUT2D eigenvalue weighted by Crippen LogP contribution is -2.65. The van der Waals surface area contributed by atoms with Crippen LogP contribution in [0.25, 0.3) is 0 Å². The largest absolute Gasteiger partial charge is 0.477 e. The normalized spacial score (nSPS) is 24.5. The van der Waals surface area contributed by atoms with Crippen molar-refractivity contribution in [3.8, 4) is 5.75 Å². The first-order chi connectivity index (χ1) is 11.0. The molecule has 7 nitrogen and oxygen atoms in total. The number of hydrogen-bond donors (Lipinski definition) is 1. The summed E-state index contributed by atoms with van der Waals surface area (Å²) in [6.07, 6.45) is -0.800. The number of benzene rings is 1. The Labute approximate surface area is 136 Å². The molecule has 0 saturated carbocycles. The number of rotatable bonds is 2. The predicted octanol–water partition coefficient (Wildman–Crippen LogP) is 2.16. The lowest BCUT2D eigenvalue weighted by molar-refractivity contribution is -0.170. The third kappa shape index (κ3) is 3.24. The monoisotopic (exact) mass is 323 g/mol. The summed E-state index contributed by atoms with van der Waals surface area (Å²) in [4.78, 5) is 26.8. The molecule has 0 aromatic heterocycles. The first-order valence-electron chi connectivity index (χ1n) is 7.72. The molecule has 2 unspecified atom stereocenters. The van der Waals surface area contributed by atoms with Crippen LogP contribution in [0.3, 0.4) is 0 Å². The number of carboxylic acids is 1. The Morgan fingerprint density at radius 2 is 2.00 bits per heavy atom. The molecule has 1 aromatic rings. The van der Waals surface area contributed by atoms with Crippen LogP contribution in [0.5, 0.6) is 5.75 Å². The molecule has 126 valence electrons. The minimum absolute atomic E-state index is 0.197. The predicted molar refractivity (Wildman–Crippen MR) is 84.7 cm³/mol. The number of anilines is 1. The van der Waals surface area contributed by atoms with Gasteiger partial charge in [-0.15, -0.1) is 0 Å². The molecule has 1 heterocycles. The van der Waals surface area contributed by atoms with Crippen molar-refractivity contribution >= 4 is 17.7 Å². The lowest BCUT2D eigenvalue weighted by atomic mass is 10.1. The highest BCUT2D eigenvalue weighted by atomic mass is 16.6. The van der Waals surface area contributed by atoms with Gasteiger partial charge >= 0.3 is 12.1 Å². The molecule has 2 rings (SSSR count). The highest BCUT2D eigenvalue weighted by molar-refractivity contribution is 5.93. The first kappa shape index (κ1) is 15.6. The second kappa shape index (κ2) is 5.73. The summed E-state index contributed by atoms with van der Waals surface area (Å²) in [6, 6.07) is 6.48. The average molecular weight is 323 g/mol. The molecular weight excluding hydrogens is 300 g/mol. The van der Waals surface area contributed by atoms with Gasteiger partial charge < -0.3 is 14.6 Å². The molecule has 1 aromatic carbocycles. The number of hydrogen-bond acceptors (Lipinski definition) is 5. The molecule has 0 radical (unpaired) electrons. The third-order valence-electron chi connectivity index (χ3n) is 3.26. The summed E-state index contributed by atoms with van der Waals surface area (Å²) < 4.78 is 19.5. The number of amides is 1. The highest BCUT2D eigenvalue weighted by Crippen LogP contribution is 2.38. The molecule has 0 fully saturated rings. The number of carbonyl (C=O) groups excluding carboxylic acids is 1. The molecule has 2 atom stereocenters. The minimum atomic E-state index is -2.05. The summed E-state index contributed by atoms with van der Waals surface area (Å²) >= 11 is 0. The molecule has 23 heavy (non-hydrogen) atoms. The zero-order chi connectivity index (χ0) is 18.3. The number of carbonyl (C=O) groups is 2. The van der Waals surface area contributed by atoms with E-state index in [4.69, 9.17) is 10.8 Å². The van der Waals surface area contributed by atoms with Crippen molar-refractivity contribution in [2.24, 2.45) is 0 Å². The smallest absolute Gasteiger partial charge is 0.415 e. The van der Waals surface area contributed by atoms with E-state index in [0.717, 1.165) is 4.90 Å². The Balaban J connectivity index is 2.59. The zero-order valence-electron chi connectivity index (χ0n) is 14.9. The number of likely N-dealkylation sites (N-methyl/N-ethyl adjacent to an activating group) is 1. The van der Waals surface area contributed by atoms with E-state index in [1.807, 2.05) is 0 Å². The molecule has 0 aliphatic carbocycles. The van der Waals surface area contributed by atoms with Gasteiger partial charge in [0.1, 0.15) is 11.4 Å². The molecular formula is C16H22N2O5. The number of nitrogens with zero attached hydrogens (tertiary/aromatic N) is 2. The minimum Gasteiger partial charge on any atom is -0.477 e. The van der Waals surface area contributed by atoms with Gasteiger partial charge in [-0.05, 0) is 47.0 Å². The van der Waals surface area contributed by atoms with E-state index in [1.165, 1.54) is 19.0 Å². The zero-order valence-corrected chi connectivity index (χ0v) is 13.9. The maximum atomic E-state index is 12.6. The van der Waals surface area contributed by atoms with E-state index in [2.05, 4.69) is 0 Å². The van der Waals surface area contributed by atoms with Gasteiger partial charge in [0.05, 0.1) is 13.6 Å². The van der Waals surface area contributed by atoms with E-state index in [1.54, 1.807) is 45.0 Å². The van der Waals surface area contributed by atoms with Crippen LogP contribution in [0.2, 0.25) is 0 Å². The SMILES string of the molecule is [2H]C1N(C(=O)OC(C)(C)C)c2ccccc2OC1(C(=O)O)N(C)C. The molecule has 0 bridgehead atoms. The summed E-state index contributed by atoms with van der Waals surface area (Å²) in [6.45, 7) is 3.54. The van der Waals surface area contributed by atoms with Crippen LogP contribution >= 0.6 is 0 Å². The molecule has 7 heteroatoms. The molecule has 0 saturated heterocycles.